The molecular weight excluding hydrogens is 324 g/mol. The highest BCUT2D eigenvalue weighted by atomic mass is 79.9. The molecule has 2 N–H and O–H groups in total. The zero-order chi connectivity index (χ0) is 13.1. The van der Waals surface area contributed by atoms with Crippen molar-refractivity contribution < 1.29 is 13.9 Å². The van der Waals surface area contributed by atoms with Crippen molar-refractivity contribution in [1.82, 2.24) is 0 Å². The third kappa shape index (κ3) is 3.35. The Bertz CT molecular complexity index is 433. The fourth-order valence-electron chi connectivity index (χ4n) is 1.87. The maximum absolute atomic E-state index is 13.3. The van der Waals surface area contributed by atoms with E-state index >= 15 is 0 Å². The third-order valence-corrected chi connectivity index (χ3v) is 3.77. The van der Waals surface area contributed by atoms with Gasteiger partial charge < -0.3 is 15.2 Å². The minimum absolute atomic E-state index is 0.0178. The fourth-order valence-corrected chi connectivity index (χ4v) is 2.63. The molecule has 18 heavy (non-hydrogen) atoms. The Kier molecular flexibility index (Phi) is 4.84. The van der Waals surface area contributed by atoms with Crippen molar-refractivity contribution in [1.29, 1.82) is 0 Å². The predicted octanol–water partition coefficient (Wildman–Crippen LogP) is 3.13. The Balaban J connectivity index is 1.93. The summed E-state index contributed by atoms with van der Waals surface area (Å²) < 4.78 is 25.1. The van der Waals surface area contributed by atoms with Gasteiger partial charge in [-0.05, 0) is 34.8 Å². The van der Waals surface area contributed by atoms with Gasteiger partial charge >= 0.3 is 0 Å². The van der Waals surface area contributed by atoms with E-state index in [2.05, 4.69) is 15.9 Å². The average Bonchev–Trinajstić information content (AvgIpc) is 2.80. The second-order valence-electron chi connectivity index (χ2n) is 4.20. The highest BCUT2D eigenvalue weighted by Gasteiger charge is 2.24. The van der Waals surface area contributed by atoms with Crippen molar-refractivity contribution in [2.24, 2.45) is 5.73 Å². The summed E-state index contributed by atoms with van der Waals surface area (Å²) in [5, 5.41) is 0.0644. The lowest BCUT2D eigenvalue weighted by atomic mass is 10.2. The van der Waals surface area contributed by atoms with Crippen LogP contribution in [0.1, 0.15) is 12.8 Å². The fraction of sp³-hybridized carbons (Fsp3) is 0.500. The lowest BCUT2D eigenvalue weighted by Crippen LogP contribution is -2.23. The number of rotatable bonds is 4. The molecule has 6 heteroatoms. The first-order valence-electron chi connectivity index (χ1n) is 5.73. The molecule has 1 aliphatic heterocycles. The van der Waals surface area contributed by atoms with Crippen LogP contribution < -0.4 is 10.5 Å². The quantitative estimate of drug-likeness (QED) is 0.858. The van der Waals surface area contributed by atoms with Crippen LogP contribution in [0.15, 0.2) is 16.6 Å². The molecular formula is C12H14BrClFNO2. The van der Waals surface area contributed by atoms with Crippen LogP contribution in [0.2, 0.25) is 5.02 Å². The van der Waals surface area contributed by atoms with Crippen LogP contribution in [0.3, 0.4) is 0 Å². The molecule has 2 rings (SSSR count). The van der Waals surface area contributed by atoms with E-state index < -0.39 is 5.82 Å². The molecule has 0 aliphatic carbocycles. The Morgan fingerprint density at radius 1 is 1.44 bits per heavy atom. The molecule has 0 saturated carbocycles. The molecule has 1 aliphatic rings. The minimum Gasteiger partial charge on any atom is -0.490 e. The maximum atomic E-state index is 13.3. The maximum Gasteiger partial charge on any atom is 0.145 e. The summed E-state index contributed by atoms with van der Waals surface area (Å²) in [6.45, 7) is 0.909. The van der Waals surface area contributed by atoms with Crippen LogP contribution in [-0.4, -0.2) is 25.4 Å². The molecule has 0 radical (unpaired) electrons. The van der Waals surface area contributed by atoms with Gasteiger partial charge in [-0.1, -0.05) is 11.6 Å². The molecule has 1 heterocycles. The molecule has 0 bridgehead atoms. The second-order valence-corrected chi connectivity index (χ2v) is 5.46. The van der Waals surface area contributed by atoms with Crippen molar-refractivity contribution in [3.8, 4) is 5.75 Å². The summed E-state index contributed by atoms with van der Waals surface area (Å²) in [6.07, 6.45) is 1.99. The number of hydrogen-bond donors (Lipinski definition) is 1. The number of benzene rings is 1. The molecule has 0 aromatic heterocycles. The zero-order valence-corrected chi connectivity index (χ0v) is 12.0. The zero-order valence-electron chi connectivity index (χ0n) is 9.67. The summed E-state index contributed by atoms with van der Waals surface area (Å²) in [6, 6.07) is 2.74. The highest BCUT2D eigenvalue weighted by Crippen LogP contribution is 2.31. The van der Waals surface area contributed by atoms with E-state index in [1.165, 1.54) is 12.1 Å². The van der Waals surface area contributed by atoms with Gasteiger partial charge in [-0.15, -0.1) is 0 Å². The lowest BCUT2D eigenvalue weighted by molar-refractivity contribution is 0.0220. The van der Waals surface area contributed by atoms with Crippen molar-refractivity contribution in [2.75, 3.05) is 13.2 Å². The number of nitrogens with two attached hydrogens (primary N) is 1. The van der Waals surface area contributed by atoms with E-state index in [4.69, 9.17) is 26.8 Å². The number of halogens is 3. The summed E-state index contributed by atoms with van der Waals surface area (Å²) in [7, 11) is 0. The van der Waals surface area contributed by atoms with Gasteiger partial charge in [0.15, 0.2) is 0 Å². The van der Waals surface area contributed by atoms with Crippen molar-refractivity contribution in [2.45, 2.75) is 25.0 Å². The van der Waals surface area contributed by atoms with Crippen LogP contribution in [0.4, 0.5) is 4.39 Å². The van der Waals surface area contributed by atoms with Gasteiger partial charge in [0.25, 0.3) is 0 Å². The van der Waals surface area contributed by atoms with Crippen LogP contribution in [0.5, 0.6) is 5.75 Å². The molecule has 3 nitrogen and oxygen atoms in total. The smallest absolute Gasteiger partial charge is 0.145 e. The first-order valence-corrected chi connectivity index (χ1v) is 6.90. The highest BCUT2D eigenvalue weighted by molar-refractivity contribution is 9.10. The molecule has 0 amide bonds. The van der Waals surface area contributed by atoms with E-state index in [1.807, 2.05) is 0 Å². The summed E-state index contributed by atoms with van der Waals surface area (Å²) in [5.74, 6) is -0.0706. The normalized spacial score (nSPS) is 23.3. The van der Waals surface area contributed by atoms with E-state index in [1.54, 1.807) is 0 Å². The second kappa shape index (κ2) is 6.19. The standard InChI is InChI=1S/C12H14BrClFNO2/c13-9-3-10(14)11(15)4-12(9)17-6-8-2-1-7(5-16)18-8/h3-4,7-8H,1-2,5-6,16H2. The number of ether oxygens (including phenoxy) is 2. The van der Waals surface area contributed by atoms with Crippen LogP contribution in [-0.2, 0) is 4.74 Å². The minimum atomic E-state index is -0.498. The molecule has 1 fully saturated rings. The van der Waals surface area contributed by atoms with Gasteiger partial charge in [-0.25, -0.2) is 4.39 Å². The molecule has 2 atom stereocenters. The SMILES string of the molecule is NCC1CCC(COc2cc(F)c(Cl)cc2Br)O1. The Morgan fingerprint density at radius 3 is 2.83 bits per heavy atom. The van der Waals surface area contributed by atoms with Gasteiger partial charge in [-0.3, -0.25) is 0 Å². The first kappa shape index (κ1) is 14.1. The van der Waals surface area contributed by atoms with Gasteiger partial charge in [-0.2, -0.15) is 0 Å². The lowest BCUT2D eigenvalue weighted by Gasteiger charge is -2.14. The first-order chi connectivity index (χ1) is 8.60. The van der Waals surface area contributed by atoms with Crippen molar-refractivity contribution >= 4 is 27.5 Å². The molecule has 1 aromatic rings. The number of hydrogen-bond acceptors (Lipinski definition) is 3. The van der Waals surface area contributed by atoms with Gasteiger partial charge in [0, 0.05) is 12.6 Å². The van der Waals surface area contributed by atoms with Gasteiger partial charge in [0.2, 0.25) is 0 Å². The molecule has 1 aromatic carbocycles. The Hall–Kier alpha value is -0.360. The Labute approximate surface area is 119 Å². The van der Waals surface area contributed by atoms with Gasteiger partial charge in [0.05, 0.1) is 21.7 Å². The predicted molar refractivity (Wildman–Crippen MR) is 71.6 cm³/mol. The van der Waals surface area contributed by atoms with E-state index in [0.29, 0.717) is 23.4 Å². The van der Waals surface area contributed by atoms with Gasteiger partial charge in [0.1, 0.15) is 18.2 Å². The average molecular weight is 339 g/mol. The van der Waals surface area contributed by atoms with E-state index in [9.17, 15) is 4.39 Å². The molecule has 0 spiro atoms. The largest absolute Gasteiger partial charge is 0.490 e. The molecule has 2 unspecified atom stereocenters. The summed E-state index contributed by atoms with van der Waals surface area (Å²) in [5.41, 5.74) is 5.53. The third-order valence-electron chi connectivity index (χ3n) is 2.86. The summed E-state index contributed by atoms with van der Waals surface area (Å²) >= 11 is 8.93. The van der Waals surface area contributed by atoms with E-state index in [-0.39, 0.29) is 17.2 Å². The topological polar surface area (TPSA) is 44.5 Å². The monoisotopic (exact) mass is 337 g/mol. The molecule has 1 saturated heterocycles. The Morgan fingerprint density at radius 2 is 2.17 bits per heavy atom. The van der Waals surface area contributed by atoms with Crippen molar-refractivity contribution in [3.63, 3.8) is 0 Å². The van der Waals surface area contributed by atoms with Crippen LogP contribution in [0, 0.1) is 5.82 Å². The molecule has 100 valence electrons. The van der Waals surface area contributed by atoms with Crippen LogP contribution in [0.25, 0.3) is 0 Å². The van der Waals surface area contributed by atoms with Crippen molar-refractivity contribution in [3.05, 3.63) is 27.4 Å². The summed E-state index contributed by atoms with van der Waals surface area (Å²) in [4.78, 5) is 0. The van der Waals surface area contributed by atoms with Crippen LogP contribution >= 0.6 is 27.5 Å². The van der Waals surface area contributed by atoms with E-state index in [0.717, 1.165) is 12.8 Å².